The van der Waals surface area contributed by atoms with Crippen LogP contribution in [0.3, 0.4) is 0 Å². The van der Waals surface area contributed by atoms with Crippen LogP contribution in [0.5, 0.6) is 17.2 Å². The molecule has 2 heterocycles. The lowest BCUT2D eigenvalue weighted by Crippen LogP contribution is -2.48. The van der Waals surface area contributed by atoms with Crippen LogP contribution in [0.1, 0.15) is 27.9 Å². The van der Waals surface area contributed by atoms with Gasteiger partial charge in [-0.1, -0.05) is 17.7 Å². The second-order valence-electron chi connectivity index (χ2n) is 8.95. The highest BCUT2D eigenvalue weighted by atomic mass is 32.2. The number of benzene rings is 2. The number of nitrogens with zero attached hydrogens (tertiary/aromatic N) is 3. The van der Waals surface area contributed by atoms with E-state index in [1.165, 1.54) is 0 Å². The Morgan fingerprint density at radius 3 is 2.00 bits per heavy atom. The van der Waals surface area contributed by atoms with Gasteiger partial charge in [-0.05, 0) is 49.6 Å². The molecule has 3 aromatic rings. The van der Waals surface area contributed by atoms with E-state index in [9.17, 15) is 8.42 Å². The van der Waals surface area contributed by atoms with Crippen molar-refractivity contribution in [2.24, 2.45) is 0 Å². The van der Waals surface area contributed by atoms with Gasteiger partial charge in [0.05, 0.1) is 31.9 Å². The first-order chi connectivity index (χ1) is 17.2. The number of anilines is 1. The molecule has 1 aliphatic rings. The first kappa shape index (κ1) is 26.2. The number of aromatic nitrogens is 1. The molecule has 4 rings (SSSR count). The Bertz CT molecular complexity index is 1300. The molecule has 8 nitrogen and oxygen atoms in total. The number of ether oxygens (including phenoxy) is 3. The average Bonchev–Trinajstić information content (AvgIpc) is 3.31. The largest absolute Gasteiger partial charge is 0.493 e. The molecule has 0 unspecified atom stereocenters. The van der Waals surface area contributed by atoms with Gasteiger partial charge in [0.1, 0.15) is 0 Å². The monoisotopic (exact) mass is 531 g/mol. The maximum Gasteiger partial charge on any atom is 0.243 e. The minimum Gasteiger partial charge on any atom is -0.493 e. The van der Waals surface area contributed by atoms with Crippen LogP contribution in [0.15, 0.2) is 34.5 Å². The van der Waals surface area contributed by atoms with Gasteiger partial charge in [0.15, 0.2) is 16.6 Å². The molecule has 0 atom stereocenters. The Hall–Kier alpha value is -2.82. The van der Waals surface area contributed by atoms with Crippen LogP contribution in [0.2, 0.25) is 0 Å². The molecule has 36 heavy (non-hydrogen) atoms. The molecule has 0 spiro atoms. The van der Waals surface area contributed by atoms with Crippen LogP contribution in [0.25, 0.3) is 0 Å². The van der Waals surface area contributed by atoms with Crippen molar-refractivity contribution >= 4 is 26.5 Å². The summed E-state index contributed by atoms with van der Waals surface area (Å²) in [5.74, 6) is 1.78. The molecule has 0 bridgehead atoms. The zero-order chi connectivity index (χ0) is 26.0. The van der Waals surface area contributed by atoms with Crippen molar-refractivity contribution in [3.05, 3.63) is 57.6 Å². The molecular formula is C26H33N3O5S2. The summed E-state index contributed by atoms with van der Waals surface area (Å²) in [4.78, 5) is 7.42. The number of methoxy groups -OCH3 is 3. The zero-order valence-corrected chi connectivity index (χ0v) is 23.3. The lowest BCUT2D eigenvalue weighted by molar-refractivity contribution is 0.324. The summed E-state index contributed by atoms with van der Waals surface area (Å²) in [6.45, 7) is 7.77. The fraction of sp³-hybridized carbons (Fsp3) is 0.423. The van der Waals surface area contributed by atoms with E-state index in [1.54, 1.807) is 37.0 Å². The van der Waals surface area contributed by atoms with E-state index in [2.05, 4.69) is 4.90 Å². The average molecular weight is 532 g/mol. The maximum atomic E-state index is 13.4. The highest BCUT2D eigenvalue weighted by molar-refractivity contribution is 7.89. The number of aryl methyl sites for hydroxylation is 3. The summed E-state index contributed by atoms with van der Waals surface area (Å²) in [7, 11) is 1.24. The predicted octanol–water partition coefficient (Wildman–Crippen LogP) is 4.20. The quantitative estimate of drug-likeness (QED) is 0.431. The third kappa shape index (κ3) is 5.16. The molecule has 10 heteroatoms. The van der Waals surface area contributed by atoms with E-state index in [0.717, 1.165) is 33.1 Å². The van der Waals surface area contributed by atoms with Crippen molar-refractivity contribution in [2.45, 2.75) is 32.1 Å². The van der Waals surface area contributed by atoms with Crippen molar-refractivity contribution in [1.82, 2.24) is 9.29 Å². The van der Waals surface area contributed by atoms with E-state index < -0.39 is 10.0 Å². The van der Waals surface area contributed by atoms with Crippen LogP contribution >= 0.6 is 11.3 Å². The molecule has 1 aliphatic heterocycles. The van der Waals surface area contributed by atoms with E-state index in [1.807, 2.05) is 50.4 Å². The van der Waals surface area contributed by atoms with E-state index in [-0.39, 0.29) is 0 Å². The Balaban J connectivity index is 1.45. The molecule has 0 radical (unpaired) electrons. The van der Waals surface area contributed by atoms with E-state index in [4.69, 9.17) is 19.2 Å². The first-order valence-corrected chi connectivity index (χ1v) is 14.1. The fourth-order valence-electron chi connectivity index (χ4n) is 4.79. The van der Waals surface area contributed by atoms with Gasteiger partial charge in [-0.3, -0.25) is 0 Å². The van der Waals surface area contributed by atoms with Gasteiger partial charge in [-0.25, -0.2) is 13.4 Å². The van der Waals surface area contributed by atoms with Gasteiger partial charge < -0.3 is 19.1 Å². The summed E-state index contributed by atoms with van der Waals surface area (Å²) in [6, 6.07) is 7.72. The zero-order valence-electron chi connectivity index (χ0n) is 21.6. The molecule has 194 valence electrons. The fourth-order valence-corrected chi connectivity index (χ4v) is 7.50. The Labute approximate surface area is 217 Å². The SMILES string of the molecule is COc1cc(Cc2csc(N3CCN(S(=O)(=O)c4c(C)cc(C)cc4C)CC3)n2)cc(OC)c1OC. The topological polar surface area (TPSA) is 81.2 Å². The predicted molar refractivity (Wildman–Crippen MR) is 143 cm³/mol. The van der Waals surface area contributed by atoms with Crippen molar-refractivity contribution in [3.63, 3.8) is 0 Å². The molecule has 0 amide bonds. The third-order valence-corrected chi connectivity index (χ3v) is 9.52. The van der Waals surface area contributed by atoms with Gasteiger partial charge in [0, 0.05) is 38.0 Å². The molecule has 1 fully saturated rings. The summed E-state index contributed by atoms with van der Waals surface area (Å²) in [5.41, 5.74) is 4.60. The Kier molecular flexibility index (Phi) is 7.77. The van der Waals surface area contributed by atoms with Crippen molar-refractivity contribution in [1.29, 1.82) is 0 Å². The van der Waals surface area contributed by atoms with Crippen LogP contribution in [0, 0.1) is 20.8 Å². The normalized spacial score (nSPS) is 14.7. The van der Waals surface area contributed by atoms with E-state index in [0.29, 0.717) is 54.7 Å². The highest BCUT2D eigenvalue weighted by Crippen LogP contribution is 2.39. The molecule has 0 N–H and O–H groups in total. The van der Waals surface area contributed by atoms with Gasteiger partial charge in [-0.2, -0.15) is 4.31 Å². The smallest absolute Gasteiger partial charge is 0.243 e. The van der Waals surface area contributed by atoms with Gasteiger partial charge in [-0.15, -0.1) is 11.3 Å². The van der Waals surface area contributed by atoms with Crippen molar-refractivity contribution < 1.29 is 22.6 Å². The highest BCUT2D eigenvalue weighted by Gasteiger charge is 2.31. The molecule has 0 aliphatic carbocycles. The van der Waals surface area contributed by atoms with Crippen LogP contribution in [0.4, 0.5) is 5.13 Å². The van der Waals surface area contributed by atoms with Crippen molar-refractivity contribution in [2.75, 3.05) is 52.4 Å². The number of rotatable bonds is 8. The minimum absolute atomic E-state index is 0.427. The maximum absolute atomic E-state index is 13.4. The summed E-state index contributed by atoms with van der Waals surface area (Å²) < 4.78 is 44.7. The van der Waals surface area contributed by atoms with Crippen LogP contribution < -0.4 is 19.1 Å². The Morgan fingerprint density at radius 1 is 0.889 bits per heavy atom. The lowest BCUT2D eigenvalue weighted by atomic mass is 10.1. The number of hydrogen-bond donors (Lipinski definition) is 0. The lowest BCUT2D eigenvalue weighted by Gasteiger charge is -2.34. The minimum atomic E-state index is -3.54. The van der Waals surface area contributed by atoms with Gasteiger partial charge in [0.2, 0.25) is 15.8 Å². The first-order valence-electron chi connectivity index (χ1n) is 11.7. The Morgan fingerprint density at radius 2 is 1.47 bits per heavy atom. The van der Waals surface area contributed by atoms with E-state index >= 15 is 0 Å². The summed E-state index contributed by atoms with van der Waals surface area (Å²) >= 11 is 1.57. The third-order valence-electron chi connectivity index (χ3n) is 6.36. The van der Waals surface area contributed by atoms with Crippen LogP contribution in [-0.4, -0.2) is 65.2 Å². The van der Waals surface area contributed by atoms with Crippen molar-refractivity contribution in [3.8, 4) is 17.2 Å². The molecule has 1 saturated heterocycles. The molecule has 0 saturated carbocycles. The second-order valence-corrected chi connectivity index (χ2v) is 11.7. The second kappa shape index (κ2) is 10.7. The summed E-state index contributed by atoms with van der Waals surface area (Å²) in [6.07, 6.45) is 0.619. The van der Waals surface area contributed by atoms with Crippen LogP contribution in [-0.2, 0) is 16.4 Å². The number of piperazine rings is 1. The standard InChI is InChI=1S/C26H33N3O5S2/c1-17-11-18(2)25(19(3)12-17)36(30,31)29-9-7-28(8-10-29)26-27-21(16-35-26)13-20-14-22(32-4)24(34-6)23(15-20)33-5/h11-12,14-16H,7-10,13H2,1-6H3. The van der Waals surface area contributed by atoms with Gasteiger partial charge >= 0.3 is 0 Å². The molecule has 1 aromatic heterocycles. The van der Waals surface area contributed by atoms with Gasteiger partial charge in [0.25, 0.3) is 0 Å². The summed E-state index contributed by atoms with van der Waals surface area (Å²) in [5, 5.41) is 2.94. The number of thiazole rings is 1. The molecular weight excluding hydrogens is 498 g/mol. The number of hydrogen-bond acceptors (Lipinski definition) is 8. The number of sulfonamides is 1. The molecule has 2 aromatic carbocycles.